The van der Waals surface area contributed by atoms with Crippen LogP contribution in [0.5, 0.6) is 0 Å². The SMILES string of the molecule is CC[N+](CC)(CC)CCCCCCCCCCC(=O)Cl. The van der Waals surface area contributed by atoms with Gasteiger partial charge in [0.15, 0.2) is 0 Å². The molecule has 120 valence electrons. The third-order valence-electron chi connectivity index (χ3n) is 4.77. The maximum absolute atomic E-state index is 10.6. The molecule has 0 saturated heterocycles. The first kappa shape index (κ1) is 19.9. The lowest BCUT2D eigenvalue weighted by Gasteiger charge is -2.35. The van der Waals surface area contributed by atoms with Crippen LogP contribution in [0.2, 0.25) is 0 Å². The highest BCUT2D eigenvalue weighted by Gasteiger charge is 2.19. The van der Waals surface area contributed by atoms with Crippen LogP contribution in [-0.4, -0.2) is 35.9 Å². The molecule has 0 atom stereocenters. The van der Waals surface area contributed by atoms with Crippen LogP contribution in [0.15, 0.2) is 0 Å². The molecule has 0 aromatic rings. The molecule has 0 unspecified atom stereocenters. The number of quaternary nitrogens is 1. The second kappa shape index (κ2) is 12.6. The molecular formula is C17H35ClNO+. The fraction of sp³-hybridized carbons (Fsp3) is 0.941. The largest absolute Gasteiger partial charge is 0.324 e. The van der Waals surface area contributed by atoms with Crippen LogP contribution >= 0.6 is 11.6 Å². The van der Waals surface area contributed by atoms with Crippen LogP contribution in [0.1, 0.15) is 78.6 Å². The number of nitrogens with zero attached hydrogens (tertiary/aromatic N) is 1. The highest BCUT2D eigenvalue weighted by atomic mass is 35.5. The topological polar surface area (TPSA) is 17.1 Å². The van der Waals surface area contributed by atoms with Gasteiger partial charge in [0.2, 0.25) is 5.24 Å². The van der Waals surface area contributed by atoms with Crippen LogP contribution in [-0.2, 0) is 4.79 Å². The Hall–Kier alpha value is -0.0800. The zero-order valence-corrected chi connectivity index (χ0v) is 14.7. The Morgan fingerprint density at radius 1 is 0.750 bits per heavy atom. The van der Waals surface area contributed by atoms with Gasteiger partial charge in [-0.25, -0.2) is 0 Å². The number of halogens is 1. The maximum Gasteiger partial charge on any atom is 0.221 e. The van der Waals surface area contributed by atoms with E-state index >= 15 is 0 Å². The van der Waals surface area contributed by atoms with Gasteiger partial charge >= 0.3 is 0 Å². The summed E-state index contributed by atoms with van der Waals surface area (Å²) in [4.78, 5) is 10.6. The van der Waals surface area contributed by atoms with E-state index in [-0.39, 0.29) is 5.24 Å². The van der Waals surface area contributed by atoms with E-state index < -0.39 is 0 Å². The summed E-state index contributed by atoms with van der Waals surface area (Å²) >= 11 is 5.31. The van der Waals surface area contributed by atoms with Gasteiger partial charge in [-0.15, -0.1) is 0 Å². The van der Waals surface area contributed by atoms with E-state index in [4.69, 9.17) is 11.6 Å². The Labute approximate surface area is 131 Å². The average molecular weight is 305 g/mol. The summed E-state index contributed by atoms with van der Waals surface area (Å²) in [6.07, 6.45) is 10.7. The van der Waals surface area contributed by atoms with Gasteiger partial charge in [-0.3, -0.25) is 4.79 Å². The molecule has 0 N–H and O–H groups in total. The van der Waals surface area contributed by atoms with Gasteiger partial charge in [-0.1, -0.05) is 32.1 Å². The minimum Gasteiger partial charge on any atom is -0.324 e. The molecule has 20 heavy (non-hydrogen) atoms. The quantitative estimate of drug-likeness (QED) is 0.247. The molecule has 0 bridgehead atoms. The Morgan fingerprint density at radius 2 is 1.15 bits per heavy atom. The maximum atomic E-state index is 10.6. The van der Waals surface area contributed by atoms with E-state index in [1.165, 1.54) is 69.2 Å². The van der Waals surface area contributed by atoms with Gasteiger partial charge in [-0.2, -0.15) is 0 Å². The predicted octanol–water partition coefficient (Wildman–Crippen LogP) is 5.14. The summed E-state index contributed by atoms with van der Waals surface area (Å²) in [5, 5.41) is -0.186. The zero-order chi connectivity index (χ0) is 15.3. The lowest BCUT2D eigenvalue weighted by molar-refractivity contribution is -0.923. The Morgan fingerprint density at radius 3 is 1.55 bits per heavy atom. The van der Waals surface area contributed by atoms with E-state index in [1.807, 2.05) is 0 Å². The summed E-state index contributed by atoms with van der Waals surface area (Å²) in [5.41, 5.74) is 0. The standard InChI is InChI=1S/C17H35ClNO/c1-4-19(5-2,6-3)16-14-12-10-8-7-9-11-13-15-17(18)20/h4-16H2,1-3H3/q+1. The van der Waals surface area contributed by atoms with Crippen molar-refractivity contribution in [1.82, 2.24) is 0 Å². The summed E-state index contributed by atoms with van der Waals surface area (Å²) < 4.78 is 1.28. The fourth-order valence-electron chi connectivity index (χ4n) is 2.92. The second-order valence-electron chi connectivity index (χ2n) is 5.95. The molecule has 0 radical (unpaired) electrons. The van der Waals surface area contributed by atoms with Gasteiger partial charge in [0, 0.05) is 6.42 Å². The monoisotopic (exact) mass is 304 g/mol. The average Bonchev–Trinajstić information content (AvgIpc) is 2.45. The van der Waals surface area contributed by atoms with Crippen molar-refractivity contribution in [1.29, 1.82) is 0 Å². The van der Waals surface area contributed by atoms with Crippen molar-refractivity contribution < 1.29 is 9.28 Å². The van der Waals surface area contributed by atoms with E-state index in [0.717, 1.165) is 12.8 Å². The Bertz CT molecular complexity index is 231. The molecule has 0 aromatic heterocycles. The molecule has 0 saturated carbocycles. The van der Waals surface area contributed by atoms with Gasteiger partial charge in [-0.05, 0) is 51.6 Å². The highest BCUT2D eigenvalue weighted by molar-refractivity contribution is 6.63. The minimum absolute atomic E-state index is 0.186. The third-order valence-corrected chi connectivity index (χ3v) is 4.96. The molecule has 0 amide bonds. The molecule has 0 rings (SSSR count). The van der Waals surface area contributed by atoms with Crippen molar-refractivity contribution in [2.75, 3.05) is 26.2 Å². The van der Waals surface area contributed by atoms with Crippen LogP contribution in [0, 0.1) is 0 Å². The van der Waals surface area contributed by atoms with E-state index in [1.54, 1.807) is 0 Å². The van der Waals surface area contributed by atoms with Gasteiger partial charge in [0.1, 0.15) is 0 Å². The van der Waals surface area contributed by atoms with Crippen molar-refractivity contribution in [3.8, 4) is 0 Å². The predicted molar refractivity (Wildman–Crippen MR) is 89.2 cm³/mol. The van der Waals surface area contributed by atoms with Crippen LogP contribution < -0.4 is 0 Å². The number of carbonyl (C=O) groups is 1. The van der Waals surface area contributed by atoms with Crippen LogP contribution in [0.3, 0.4) is 0 Å². The molecule has 0 aliphatic carbocycles. The molecule has 0 aliphatic heterocycles. The Balaban J connectivity index is 3.38. The van der Waals surface area contributed by atoms with Crippen molar-refractivity contribution in [3.05, 3.63) is 0 Å². The molecular weight excluding hydrogens is 270 g/mol. The molecule has 3 heteroatoms. The lowest BCUT2D eigenvalue weighted by Crippen LogP contribution is -2.48. The summed E-state index contributed by atoms with van der Waals surface area (Å²) in [6, 6.07) is 0. The minimum atomic E-state index is -0.186. The number of hydrogen-bond acceptors (Lipinski definition) is 1. The van der Waals surface area contributed by atoms with Crippen molar-refractivity contribution in [3.63, 3.8) is 0 Å². The first-order valence-corrected chi connectivity index (χ1v) is 9.01. The van der Waals surface area contributed by atoms with Crippen LogP contribution in [0.25, 0.3) is 0 Å². The first-order valence-electron chi connectivity index (χ1n) is 8.63. The summed E-state index contributed by atoms with van der Waals surface area (Å²) in [5.74, 6) is 0. The molecule has 0 aromatic carbocycles. The normalized spacial score (nSPS) is 11.8. The number of hydrogen-bond donors (Lipinski definition) is 0. The highest BCUT2D eigenvalue weighted by Crippen LogP contribution is 2.13. The summed E-state index contributed by atoms with van der Waals surface area (Å²) in [7, 11) is 0. The van der Waals surface area contributed by atoms with Gasteiger partial charge in [0.25, 0.3) is 0 Å². The van der Waals surface area contributed by atoms with E-state index in [9.17, 15) is 4.79 Å². The second-order valence-corrected chi connectivity index (χ2v) is 6.37. The zero-order valence-electron chi connectivity index (χ0n) is 13.9. The summed E-state index contributed by atoms with van der Waals surface area (Å²) in [6.45, 7) is 12.1. The lowest BCUT2D eigenvalue weighted by atomic mass is 10.1. The first-order chi connectivity index (χ1) is 9.60. The molecule has 0 fully saturated rings. The van der Waals surface area contributed by atoms with Gasteiger partial charge < -0.3 is 4.48 Å². The van der Waals surface area contributed by atoms with Crippen molar-refractivity contribution in [2.24, 2.45) is 0 Å². The fourth-order valence-corrected chi connectivity index (χ4v) is 3.05. The third kappa shape index (κ3) is 9.77. The van der Waals surface area contributed by atoms with E-state index in [2.05, 4.69) is 20.8 Å². The molecule has 0 spiro atoms. The number of unbranched alkanes of at least 4 members (excludes halogenated alkanes) is 7. The Kier molecular flexibility index (Phi) is 12.6. The molecule has 0 aliphatic rings. The number of rotatable bonds is 14. The van der Waals surface area contributed by atoms with Crippen molar-refractivity contribution in [2.45, 2.75) is 78.6 Å². The smallest absolute Gasteiger partial charge is 0.221 e. The van der Waals surface area contributed by atoms with Crippen LogP contribution in [0.4, 0.5) is 0 Å². The van der Waals surface area contributed by atoms with Gasteiger partial charge in [0.05, 0.1) is 26.2 Å². The van der Waals surface area contributed by atoms with Crippen molar-refractivity contribution >= 4 is 16.8 Å². The molecule has 2 nitrogen and oxygen atoms in total. The van der Waals surface area contributed by atoms with E-state index in [0.29, 0.717) is 6.42 Å². The molecule has 0 heterocycles. The number of carbonyl (C=O) groups excluding carboxylic acids is 1.